The molecule has 1 N–H and O–H groups in total. The Morgan fingerprint density at radius 3 is 1.98 bits per heavy atom. The summed E-state index contributed by atoms with van der Waals surface area (Å²) in [6.45, 7) is 6.46. The maximum Gasteiger partial charge on any atom is 0.417 e. The van der Waals surface area contributed by atoms with Gasteiger partial charge >= 0.3 is 11.8 Å². The van der Waals surface area contributed by atoms with Gasteiger partial charge in [0.1, 0.15) is 12.1 Å². The zero-order valence-electron chi connectivity index (χ0n) is 24.6. The number of fused-ring (bicyclic) bond motifs is 1. The van der Waals surface area contributed by atoms with E-state index < -0.39 is 56.0 Å². The van der Waals surface area contributed by atoms with Crippen LogP contribution in [0.15, 0.2) is 113 Å². The largest absolute Gasteiger partial charge is 0.440 e. The second-order valence-corrected chi connectivity index (χ2v) is 16.2. The predicted octanol–water partition coefficient (Wildman–Crippen LogP) is 3.04. The molecule has 1 aromatic heterocycles. The van der Waals surface area contributed by atoms with Crippen molar-refractivity contribution in [2.24, 2.45) is 0 Å². The summed E-state index contributed by atoms with van der Waals surface area (Å²) in [6.07, 6.45) is -2.44. The lowest BCUT2D eigenvalue weighted by molar-refractivity contribution is -0.0566. The van der Waals surface area contributed by atoms with Gasteiger partial charge in [0.2, 0.25) is 0 Å². The molecular formula is C33H33N3O7Si. The number of carbonyl (C=O) groups is 2. The monoisotopic (exact) mass is 611 g/mol. The SMILES string of the molecule is CC(C)(C)[Si](OC[C@H]1O[C@@H](n2ccc(=O)[nH]c2=O)[C@H]2[C@@H]1OC(=O)N2C(=O)c1ccccc1)(c1ccccc1)c1ccccc1. The average molecular weight is 612 g/mol. The van der Waals surface area contributed by atoms with Crippen LogP contribution in [0.3, 0.4) is 0 Å². The molecule has 0 radical (unpaired) electrons. The molecule has 226 valence electrons. The first-order valence-corrected chi connectivity index (χ1v) is 16.3. The molecule has 2 fully saturated rings. The molecule has 0 spiro atoms. The van der Waals surface area contributed by atoms with Gasteiger partial charge in [-0.2, -0.15) is 0 Å². The van der Waals surface area contributed by atoms with Gasteiger partial charge in [-0.05, 0) is 27.5 Å². The third kappa shape index (κ3) is 5.02. The predicted molar refractivity (Wildman–Crippen MR) is 165 cm³/mol. The van der Waals surface area contributed by atoms with Gasteiger partial charge in [0, 0.05) is 17.8 Å². The molecule has 0 saturated carbocycles. The molecule has 0 aliphatic carbocycles. The fourth-order valence-electron chi connectivity index (χ4n) is 6.33. The number of aromatic nitrogens is 2. The van der Waals surface area contributed by atoms with Gasteiger partial charge in [0.25, 0.3) is 19.8 Å². The second-order valence-electron chi connectivity index (χ2n) is 11.9. The number of nitrogens with zero attached hydrogens (tertiary/aromatic N) is 2. The van der Waals surface area contributed by atoms with E-state index in [4.69, 9.17) is 13.9 Å². The number of H-pyrrole nitrogens is 1. The molecule has 0 unspecified atom stereocenters. The van der Waals surface area contributed by atoms with Crippen molar-refractivity contribution < 1.29 is 23.5 Å². The van der Waals surface area contributed by atoms with E-state index in [0.29, 0.717) is 0 Å². The minimum atomic E-state index is -3.01. The number of aromatic amines is 1. The third-order valence-electron chi connectivity index (χ3n) is 8.29. The summed E-state index contributed by atoms with van der Waals surface area (Å²) < 4.78 is 20.5. The zero-order valence-corrected chi connectivity index (χ0v) is 25.6. The number of imide groups is 1. The van der Waals surface area contributed by atoms with Gasteiger partial charge < -0.3 is 13.9 Å². The quantitative estimate of drug-likeness (QED) is 0.319. The fraction of sp³-hybridized carbons (Fsp3) is 0.273. The summed E-state index contributed by atoms with van der Waals surface area (Å²) >= 11 is 0. The lowest BCUT2D eigenvalue weighted by Gasteiger charge is -2.43. The van der Waals surface area contributed by atoms with E-state index >= 15 is 0 Å². The van der Waals surface area contributed by atoms with E-state index in [0.717, 1.165) is 15.3 Å². The van der Waals surface area contributed by atoms with E-state index in [9.17, 15) is 19.2 Å². The normalized spacial score (nSPS) is 21.6. The van der Waals surface area contributed by atoms with E-state index in [-0.39, 0.29) is 17.2 Å². The van der Waals surface area contributed by atoms with Gasteiger partial charge in [-0.15, -0.1) is 0 Å². The van der Waals surface area contributed by atoms with Crippen LogP contribution in [0.25, 0.3) is 0 Å². The minimum Gasteiger partial charge on any atom is -0.440 e. The van der Waals surface area contributed by atoms with Gasteiger partial charge in [-0.1, -0.05) is 99.6 Å². The number of amides is 2. The molecule has 44 heavy (non-hydrogen) atoms. The fourth-order valence-corrected chi connectivity index (χ4v) is 10.9. The second kappa shape index (κ2) is 11.5. The zero-order chi connectivity index (χ0) is 31.1. The number of hydrogen-bond acceptors (Lipinski definition) is 7. The molecule has 4 aromatic rings. The lowest BCUT2D eigenvalue weighted by atomic mass is 10.1. The van der Waals surface area contributed by atoms with Crippen molar-refractivity contribution in [1.29, 1.82) is 0 Å². The molecule has 2 amide bonds. The summed E-state index contributed by atoms with van der Waals surface area (Å²) in [5.41, 5.74) is -1.03. The van der Waals surface area contributed by atoms with Crippen molar-refractivity contribution in [2.75, 3.05) is 6.61 Å². The smallest absolute Gasteiger partial charge is 0.417 e. The Balaban J connectivity index is 1.41. The third-order valence-corrected chi connectivity index (χ3v) is 13.3. The number of rotatable bonds is 7. The number of hydrogen-bond donors (Lipinski definition) is 1. The Morgan fingerprint density at radius 1 is 0.864 bits per heavy atom. The van der Waals surface area contributed by atoms with Gasteiger partial charge in [0.15, 0.2) is 12.3 Å². The van der Waals surface area contributed by atoms with Crippen LogP contribution in [-0.4, -0.2) is 59.6 Å². The van der Waals surface area contributed by atoms with E-state index in [2.05, 4.69) is 50.0 Å². The van der Waals surface area contributed by atoms with Gasteiger partial charge in [0.05, 0.1) is 6.61 Å². The van der Waals surface area contributed by atoms with Crippen LogP contribution < -0.4 is 21.6 Å². The van der Waals surface area contributed by atoms with E-state index in [1.165, 1.54) is 16.8 Å². The van der Waals surface area contributed by atoms with Crippen LogP contribution in [-0.2, 0) is 13.9 Å². The van der Waals surface area contributed by atoms with Crippen LogP contribution in [0.2, 0.25) is 5.04 Å². The molecule has 6 rings (SSSR count). The Labute approximate surface area is 255 Å². The summed E-state index contributed by atoms with van der Waals surface area (Å²) in [5.74, 6) is -0.581. The first kappa shape index (κ1) is 29.5. The minimum absolute atomic E-state index is 0.0176. The Morgan fingerprint density at radius 2 is 1.43 bits per heavy atom. The Bertz CT molecular complexity index is 1730. The molecule has 2 aliphatic heterocycles. The number of ether oxygens (including phenoxy) is 2. The Kier molecular flexibility index (Phi) is 7.70. The molecule has 4 atom stereocenters. The maximum absolute atomic E-state index is 13.6. The molecule has 10 nitrogen and oxygen atoms in total. The number of benzene rings is 3. The van der Waals surface area contributed by atoms with Gasteiger partial charge in [-0.3, -0.25) is 19.1 Å². The van der Waals surface area contributed by atoms with Crippen molar-refractivity contribution in [1.82, 2.24) is 14.5 Å². The van der Waals surface area contributed by atoms with Crippen LogP contribution in [0, 0.1) is 0 Å². The van der Waals surface area contributed by atoms with Crippen LogP contribution in [0.4, 0.5) is 4.79 Å². The van der Waals surface area contributed by atoms with Crippen molar-refractivity contribution in [2.45, 2.75) is 50.3 Å². The van der Waals surface area contributed by atoms with E-state index in [1.807, 2.05) is 36.4 Å². The number of carbonyl (C=O) groups excluding carboxylic acids is 2. The molecule has 2 aliphatic rings. The topological polar surface area (TPSA) is 120 Å². The van der Waals surface area contributed by atoms with Crippen LogP contribution in [0.1, 0.15) is 37.4 Å². The first-order chi connectivity index (χ1) is 21.1. The molecule has 11 heteroatoms. The summed E-state index contributed by atoms with van der Waals surface area (Å²) in [7, 11) is -3.01. The standard InChI is InChI=1S/C33H33N3O7Si/c1-33(2,3)44(23-15-9-5-10-16-23,24-17-11-6-12-18-24)41-21-25-28-27(30(42-25)35-20-19-26(37)34-31(35)39)36(32(40)43-28)29(38)22-13-7-4-8-14-22/h4-20,25,27-28,30H,21H2,1-3H3,(H,34,37,39)/t25-,27-,28-,30-/m1/s1. The van der Waals surface area contributed by atoms with Crippen LogP contribution >= 0.6 is 0 Å². The van der Waals surface area contributed by atoms with Crippen LogP contribution in [0.5, 0.6) is 0 Å². The van der Waals surface area contributed by atoms with E-state index in [1.54, 1.807) is 30.3 Å². The summed E-state index contributed by atoms with van der Waals surface area (Å²) in [4.78, 5) is 55.0. The van der Waals surface area contributed by atoms with Crippen molar-refractivity contribution in [3.05, 3.63) is 130 Å². The molecule has 3 heterocycles. The number of nitrogens with one attached hydrogen (secondary N) is 1. The van der Waals surface area contributed by atoms with Crippen molar-refractivity contribution in [3.8, 4) is 0 Å². The molecule has 2 saturated heterocycles. The highest BCUT2D eigenvalue weighted by Crippen LogP contribution is 2.42. The van der Waals surface area contributed by atoms with Crippen molar-refractivity contribution >= 4 is 30.7 Å². The highest BCUT2D eigenvalue weighted by molar-refractivity contribution is 6.99. The molecular weight excluding hydrogens is 578 g/mol. The van der Waals surface area contributed by atoms with Crippen molar-refractivity contribution in [3.63, 3.8) is 0 Å². The summed E-state index contributed by atoms with van der Waals surface area (Å²) in [5, 5.41) is 1.79. The summed E-state index contributed by atoms with van der Waals surface area (Å²) in [6, 6.07) is 28.7. The molecule has 0 bridgehead atoms. The highest BCUT2D eigenvalue weighted by atomic mass is 28.4. The molecule has 3 aromatic carbocycles. The lowest BCUT2D eigenvalue weighted by Crippen LogP contribution is -2.67. The average Bonchev–Trinajstić information content (AvgIpc) is 3.53. The van der Waals surface area contributed by atoms with Gasteiger partial charge in [-0.25, -0.2) is 14.5 Å². The maximum atomic E-state index is 13.6. The Hall–Kier alpha value is -4.58. The first-order valence-electron chi connectivity index (χ1n) is 14.4. The highest BCUT2D eigenvalue weighted by Gasteiger charge is 2.60.